The Balaban J connectivity index is 1.97. The third-order valence-corrected chi connectivity index (χ3v) is 6.21. The van der Waals surface area contributed by atoms with Crippen molar-refractivity contribution in [3.8, 4) is 0 Å². The van der Waals surface area contributed by atoms with Gasteiger partial charge in [-0.25, -0.2) is 0 Å². The molecule has 110 valence electrons. The summed E-state index contributed by atoms with van der Waals surface area (Å²) in [7, 11) is 1.83. The van der Waals surface area contributed by atoms with Gasteiger partial charge in [0.05, 0.1) is 13.6 Å². The van der Waals surface area contributed by atoms with Crippen molar-refractivity contribution in [1.29, 1.82) is 0 Å². The molecule has 0 bridgehead atoms. The molecule has 1 unspecified atom stereocenters. The van der Waals surface area contributed by atoms with Gasteiger partial charge in [0, 0.05) is 19.2 Å². The van der Waals surface area contributed by atoms with Crippen molar-refractivity contribution >= 4 is 54.8 Å². The van der Waals surface area contributed by atoms with Crippen molar-refractivity contribution in [2.45, 2.75) is 18.9 Å². The molecule has 0 saturated carbocycles. The van der Waals surface area contributed by atoms with Crippen molar-refractivity contribution < 1.29 is 4.79 Å². The number of carbonyl (C=O) groups is 1. The lowest BCUT2D eigenvalue weighted by atomic mass is 9.95. The van der Waals surface area contributed by atoms with E-state index in [1.807, 2.05) is 19.2 Å². The van der Waals surface area contributed by atoms with Crippen LogP contribution in [0.25, 0.3) is 0 Å². The highest BCUT2D eigenvalue weighted by Crippen LogP contribution is 2.38. The van der Waals surface area contributed by atoms with Crippen molar-refractivity contribution in [3.05, 3.63) is 48.5 Å². The van der Waals surface area contributed by atoms with Gasteiger partial charge < -0.3 is 10.6 Å². The van der Waals surface area contributed by atoms with E-state index in [0.717, 1.165) is 30.8 Å². The van der Waals surface area contributed by atoms with E-state index in [1.165, 1.54) is 5.56 Å². The lowest BCUT2D eigenvalue weighted by molar-refractivity contribution is -0.118. The van der Waals surface area contributed by atoms with Gasteiger partial charge in [0.25, 0.3) is 0 Å². The molecule has 2 heterocycles. The number of aryl methyl sites for hydroxylation is 1. The van der Waals surface area contributed by atoms with E-state index in [1.54, 1.807) is 16.2 Å². The predicted octanol–water partition coefficient (Wildman–Crippen LogP) is 4.23. The van der Waals surface area contributed by atoms with E-state index in [9.17, 15) is 4.79 Å². The molecular formula is C15H14Br2N2OS. The maximum atomic E-state index is 11.7. The van der Waals surface area contributed by atoms with Crippen LogP contribution in [0.15, 0.2) is 31.8 Å². The smallest absolute Gasteiger partial charge is 0.227 e. The van der Waals surface area contributed by atoms with Gasteiger partial charge in [-0.2, -0.15) is 0 Å². The fourth-order valence-electron chi connectivity index (χ4n) is 2.61. The minimum absolute atomic E-state index is 0.170. The first-order valence-corrected chi connectivity index (χ1v) is 8.97. The van der Waals surface area contributed by atoms with Gasteiger partial charge in [-0.15, -0.1) is 11.3 Å². The highest BCUT2D eigenvalue weighted by atomic mass is 79.9. The number of nitrogens with two attached hydrogens (primary N) is 1. The molecule has 3 nitrogen and oxygen atoms in total. The zero-order chi connectivity index (χ0) is 15.1. The van der Waals surface area contributed by atoms with Crippen molar-refractivity contribution in [1.82, 2.24) is 0 Å². The zero-order valence-corrected chi connectivity index (χ0v) is 15.4. The van der Waals surface area contributed by atoms with Crippen LogP contribution < -0.4 is 10.6 Å². The van der Waals surface area contributed by atoms with Crippen LogP contribution in [0, 0.1) is 0 Å². The number of anilines is 1. The van der Waals surface area contributed by atoms with Crippen LogP contribution in [0.5, 0.6) is 0 Å². The summed E-state index contributed by atoms with van der Waals surface area (Å²) in [6, 6.07) is 8.01. The zero-order valence-electron chi connectivity index (χ0n) is 11.4. The molecule has 21 heavy (non-hydrogen) atoms. The van der Waals surface area contributed by atoms with Crippen LogP contribution in [0.2, 0.25) is 0 Å². The average Bonchev–Trinajstić information content (AvgIpc) is 2.80. The molecular weight excluding hydrogens is 416 g/mol. The van der Waals surface area contributed by atoms with Gasteiger partial charge >= 0.3 is 0 Å². The normalized spacial score (nSPS) is 16.0. The van der Waals surface area contributed by atoms with Gasteiger partial charge in [-0.3, -0.25) is 4.79 Å². The quantitative estimate of drug-likeness (QED) is 0.776. The molecule has 0 aliphatic carbocycles. The summed E-state index contributed by atoms with van der Waals surface area (Å²) >= 11 is 8.67. The summed E-state index contributed by atoms with van der Waals surface area (Å²) in [6.45, 7) is 0. The summed E-state index contributed by atoms with van der Waals surface area (Å²) in [6.07, 6.45) is 1.35. The number of fused-ring (bicyclic) bond motifs is 1. The molecule has 6 heteroatoms. The first-order chi connectivity index (χ1) is 9.97. The first kappa shape index (κ1) is 15.2. The SMILES string of the molecule is CN1C(=O)CCc2cc(C(N)c3cc(Br)sc3Br)ccc21. The number of thiophene rings is 1. The van der Waals surface area contributed by atoms with E-state index < -0.39 is 0 Å². The summed E-state index contributed by atoms with van der Waals surface area (Å²) in [4.78, 5) is 13.5. The highest BCUT2D eigenvalue weighted by molar-refractivity contribution is 9.12. The fraction of sp³-hybridized carbons (Fsp3) is 0.267. The fourth-order valence-corrected chi connectivity index (χ4v) is 5.54. The summed E-state index contributed by atoms with van der Waals surface area (Å²) in [5, 5.41) is 0. The summed E-state index contributed by atoms with van der Waals surface area (Å²) < 4.78 is 2.11. The van der Waals surface area contributed by atoms with E-state index >= 15 is 0 Å². The second kappa shape index (κ2) is 5.83. The Morgan fingerprint density at radius 1 is 1.29 bits per heavy atom. The Morgan fingerprint density at radius 2 is 2.05 bits per heavy atom. The van der Waals surface area contributed by atoms with Gasteiger partial charge in [-0.1, -0.05) is 12.1 Å². The number of hydrogen-bond donors (Lipinski definition) is 1. The minimum Gasteiger partial charge on any atom is -0.320 e. The first-order valence-electron chi connectivity index (χ1n) is 6.57. The van der Waals surface area contributed by atoms with Gasteiger partial charge in [0.15, 0.2) is 0 Å². The van der Waals surface area contributed by atoms with Crippen LogP contribution in [0.3, 0.4) is 0 Å². The molecule has 1 amide bonds. The van der Waals surface area contributed by atoms with Gasteiger partial charge in [0.1, 0.15) is 0 Å². The van der Waals surface area contributed by atoms with Gasteiger partial charge in [-0.05, 0) is 67.1 Å². The van der Waals surface area contributed by atoms with Crippen LogP contribution >= 0.6 is 43.2 Å². The Hall–Kier alpha value is -0.690. The maximum absolute atomic E-state index is 11.7. The van der Waals surface area contributed by atoms with Crippen LogP contribution in [0.4, 0.5) is 5.69 Å². The molecule has 1 aromatic heterocycles. The number of halogens is 2. The number of benzene rings is 1. The molecule has 1 aliphatic rings. The molecule has 2 N–H and O–H groups in total. The third kappa shape index (κ3) is 2.82. The molecule has 1 aliphatic heterocycles. The van der Waals surface area contributed by atoms with E-state index in [-0.39, 0.29) is 11.9 Å². The average molecular weight is 430 g/mol. The lowest BCUT2D eigenvalue weighted by Crippen LogP contribution is -2.31. The van der Waals surface area contributed by atoms with Crippen LogP contribution in [-0.4, -0.2) is 13.0 Å². The topological polar surface area (TPSA) is 46.3 Å². The molecule has 0 spiro atoms. The van der Waals surface area contributed by atoms with Crippen LogP contribution in [0.1, 0.15) is 29.2 Å². The van der Waals surface area contributed by atoms with Crippen molar-refractivity contribution in [3.63, 3.8) is 0 Å². The van der Waals surface area contributed by atoms with E-state index in [4.69, 9.17) is 5.73 Å². The number of nitrogens with zero attached hydrogens (tertiary/aromatic N) is 1. The van der Waals surface area contributed by atoms with Crippen LogP contribution in [-0.2, 0) is 11.2 Å². The van der Waals surface area contributed by atoms with Crippen molar-refractivity contribution in [2.24, 2.45) is 5.73 Å². The van der Waals surface area contributed by atoms with Crippen molar-refractivity contribution in [2.75, 3.05) is 11.9 Å². The van der Waals surface area contributed by atoms with E-state index in [0.29, 0.717) is 6.42 Å². The van der Waals surface area contributed by atoms with E-state index in [2.05, 4.69) is 44.0 Å². The standard InChI is InChI=1S/C15H14Br2N2OS/c1-19-11-4-2-9(6-8(11)3-5-13(19)20)14(18)10-7-12(16)21-15(10)17/h2,4,6-7,14H,3,5,18H2,1H3. The lowest BCUT2D eigenvalue weighted by Gasteiger charge is -2.26. The molecule has 3 rings (SSSR count). The molecule has 0 fully saturated rings. The predicted molar refractivity (Wildman–Crippen MR) is 93.9 cm³/mol. The second-order valence-corrected chi connectivity index (χ2v) is 8.85. The molecule has 1 atom stereocenters. The highest BCUT2D eigenvalue weighted by Gasteiger charge is 2.22. The maximum Gasteiger partial charge on any atom is 0.227 e. The number of rotatable bonds is 2. The Morgan fingerprint density at radius 3 is 2.71 bits per heavy atom. The Labute approximate surface area is 144 Å². The largest absolute Gasteiger partial charge is 0.320 e. The Kier molecular flexibility index (Phi) is 4.23. The summed E-state index contributed by atoms with van der Waals surface area (Å²) in [5.41, 5.74) is 10.7. The molecule has 1 aromatic carbocycles. The molecule has 0 radical (unpaired) electrons. The molecule has 0 saturated heterocycles. The Bertz CT molecular complexity index is 714. The number of amides is 1. The number of carbonyl (C=O) groups excluding carboxylic acids is 1. The number of hydrogen-bond acceptors (Lipinski definition) is 3. The third-order valence-electron chi connectivity index (χ3n) is 3.82. The minimum atomic E-state index is -0.171. The monoisotopic (exact) mass is 428 g/mol. The van der Waals surface area contributed by atoms with Gasteiger partial charge in [0.2, 0.25) is 5.91 Å². The summed E-state index contributed by atoms with van der Waals surface area (Å²) in [5.74, 6) is 0.170. The molecule has 2 aromatic rings. The second-order valence-electron chi connectivity index (χ2n) is 5.10.